The summed E-state index contributed by atoms with van der Waals surface area (Å²) >= 11 is 0. The third-order valence-electron chi connectivity index (χ3n) is 3.71. The lowest BCUT2D eigenvalue weighted by Gasteiger charge is -2.30. The van der Waals surface area contributed by atoms with Gasteiger partial charge in [-0.25, -0.2) is 0 Å². The molecular formula is C17H28O3. The van der Waals surface area contributed by atoms with Crippen molar-refractivity contribution < 1.29 is 14.9 Å². The molecule has 0 radical (unpaired) electrons. The number of hydrogen-bond acceptors (Lipinski definition) is 3. The maximum atomic E-state index is 9.67. The summed E-state index contributed by atoms with van der Waals surface area (Å²) in [5.74, 6) is 0.639. The van der Waals surface area contributed by atoms with Crippen molar-refractivity contribution in [2.24, 2.45) is 11.3 Å². The van der Waals surface area contributed by atoms with Gasteiger partial charge >= 0.3 is 0 Å². The minimum atomic E-state index is -0.487. The molecule has 114 valence electrons. The zero-order valence-electron chi connectivity index (χ0n) is 12.7. The van der Waals surface area contributed by atoms with Crippen molar-refractivity contribution in [3.05, 3.63) is 35.9 Å². The smallest absolute Gasteiger partial charge is 0.0513 e. The number of aliphatic hydroxyl groups excluding tert-OH is 2. The molecule has 0 saturated heterocycles. The molecule has 0 aliphatic carbocycles. The quantitative estimate of drug-likeness (QED) is 0.648. The Morgan fingerprint density at radius 2 is 1.70 bits per heavy atom. The molecule has 3 heteroatoms. The van der Waals surface area contributed by atoms with Gasteiger partial charge in [-0.1, -0.05) is 44.2 Å². The second-order valence-corrected chi connectivity index (χ2v) is 6.02. The van der Waals surface area contributed by atoms with Gasteiger partial charge in [0.15, 0.2) is 0 Å². The van der Waals surface area contributed by atoms with Crippen molar-refractivity contribution in [1.29, 1.82) is 0 Å². The van der Waals surface area contributed by atoms with Gasteiger partial charge in [0.05, 0.1) is 13.2 Å². The number of hydrogen-bond donors (Lipinski definition) is 2. The van der Waals surface area contributed by atoms with Gasteiger partial charge in [-0.15, -0.1) is 0 Å². The van der Waals surface area contributed by atoms with Crippen LogP contribution in [0, 0.1) is 11.3 Å². The van der Waals surface area contributed by atoms with Crippen LogP contribution in [0.1, 0.15) is 32.3 Å². The molecule has 0 aromatic heterocycles. The van der Waals surface area contributed by atoms with Crippen LogP contribution in [-0.2, 0) is 11.2 Å². The van der Waals surface area contributed by atoms with Crippen LogP contribution in [0.5, 0.6) is 0 Å². The van der Waals surface area contributed by atoms with Crippen molar-refractivity contribution in [2.75, 3.05) is 26.4 Å². The molecule has 0 spiro atoms. The summed E-state index contributed by atoms with van der Waals surface area (Å²) in [7, 11) is 0. The molecule has 0 unspecified atom stereocenters. The maximum Gasteiger partial charge on any atom is 0.0513 e. The molecule has 0 aliphatic heterocycles. The molecule has 0 saturated carbocycles. The molecule has 0 amide bonds. The van der Waals surface area contributed by atoms with Crippen molar-refractivity contribution in [1.82, 2.24) is 0 Å². The topological polar surface area (TPSA) is 49.7 Å². The Morgan fingerprint density at radius 1 is 1.05 bits per heavy atom. The van der Waals surface area contributed by atoms with E-state index in [0.29, 0.717) is 25.4 Å². The Hall–Kier alpha value is -0.900. The van der Waals surface area contributed by atoms with Gasteiger partial charge in [-0.3, -0.25) is 0 Å². The lowest BCUT2D eigenvalue weighted by Crippen LogP contribution is -2.34. The average Bonchev–Trinajstić information content (AvgIpc) is 2.46. The van der Waals surface area contributed by atoms with Crippen LogP contribution in [0.3, 0.4) is 0 Å². The molecule has 0 aliphatic rings. The van der Waals surface area contributed by atoms with Crippen molar-refractivity contribution in [3.8, 4) is 0 Å². The first-order valence-electron chi connectivity index (χ1n) is 7.45. The molecule has 2 N–H and O–H groups in total. The number of ether oxygens (including phenoxy) is 1. The van der Waals surface area contributed by atoms with Gasteiger partial charge in [0.2, 0.25) is 0 Å². The van der Waals surface area contributed by atoms with Gasteiger partial charge in [0.1, 0.15) is 0 Å². The summed E-state index contributed by atoms with van der Waals surface area (Å²) < 4.78 is 5.62. The fourth-order valence-electron chi connectivity index (χ4n) is 2.15. The van der Waals surface area contributed by atoms with E-state index in [1.54, 1.807) is 0 Å². The van der Waals surface area contributed by atoms with Crippen molar-refractivity contribution in [3.63, 3.8) is 0 Å². The Balaban J connectivity index is 2.45. The van der Waals surface area contributed by atoms with Gasteiger partial charge in [-0.2, -0.15) is 0 Å². The van der Waals surface area contributed by atoms with Crippen molar-refractivity contribution in [2.45, 2.75) is 33.1 Å². The van der Waals surface area contributed by atoms with E-state index in [0.717, 1.165) is 18.6 Å². The molecule has 3 nitrogen and oxygen atoms in total. The molecule has 20 heavy (non-hydrogen) atoms. The van der Waals surface area contributed by atoms with Crippen LogP contribution < -0.4 is 0 Å². The first kappa shape index (κ1) is 17.2. The van der Waals surface area contributed by atoms with Crippen molar-refractivity contribution >= 4 is 0 Å². The molecule has 0 atom stereocenters. The van der Waals surface area contributed by atoms with E-state index in [1.165, 1.54) is 0 Å². The third-order valence-corrected chi connectivity index (χ3v) is 3.71. The highest BCUT2D eigenvalue weighted by atomic mass is 16.5. The standard InChI is InChI=1S/C17H28O3/c1-15(2)8-10-20-11-9-17(13-18,14-19)12-16-6-4-3-5-7-16/h3-7,15,18-19H,8-14H2,1-2H3. The summed E-state index contributed by atoms with van der Waals surface area (Å²) in [6, 6.07) is 9.99. The lowest BCUT2D eigenvalue weighted by atomic mass is 9.80. The largest absolute Gasteiger partial charge is 0.396 e. The van der Waals surface area contributed by atoms with Crippen LogP contribution in [0.15, 0.2) is 30.3 Å². The van der Waals surface area contributed by atoms with E-state index in [1.807, 2.05) is 30.3 Å². The maximum absolute atomic E-state index is 9.67. The highest BCUT2D eigenvalue weighted by molar-refractivity contribution is 5.16. The number of rotatable bonds is 10. The summed E-state index contributed by atoms with van der Waals surface area (Å²) in [5.41, 5.74) is 0.650. The van der Waals surface area contributed by atoms with E-state index in [2.05, 4.69) is 13.8 Å². The minimum absolute atomic E-state index is 0.0219. The first-order chi connectivity index (χ1) is 9.62. The molecular weight excluding hydrogens is 252 g/mol. The predicted octanol–water partition coefficient (Wildman–Crippen LogP) is 2.65. The third kappa shape index (κ3) is 6.04. The SMILES string of the molecule is CC(C)CCOCCC(CO)(CO)Cc1ccccc1. The van der Waals surface area contributed by atoms with Gasteiger partial charge in [0.25, 0.3) is 0 Å². The van der Waals surface area contributed by atoms with Crippen LogP contribution in [0.4, 0.5) is 0 Å². The number of aliphatic hydroxyl groups is 2. The first-order valence-corrected chi connectivity index (χ1v) is 7.45. The lowest BCUT2D eigenvalue weighted by molar-refractivity contribution is 0.0143. The Labute approximate surface area is 122 Å². The molecule has 1 aromatic carbocycles. The normalized spacial score (nSPS) is 12.1. The van der Waals surface area contributed by atoms with E-state index in [4.69, 9.17) is 4.74 Å². The zero-order valence-corrected chi connectivity index (χ0v) is 12.7. The Kier molecular flexibility index (Phi) is 7.82. The van der Waals surface area contributed by atoms with Crippen LogP contribution in [0.2, 0.25) is 0 Å². The highest BCUT2D eigenvalue weighted by Gasteiger charge is 2.28. The van der Waals surface area contributed by atoms with Gasteiger partial charge in [0, 0.05) is 18.6 Å². The summed E-state index contributed by atoms with van der Waals surface area (Å²) in [6.07, 6.45) is 2.39. The van der Waals surface area contributed by atoms with Crippen LogP contribution >= 0.6 is 0 Å². The Morgan fingerprint density at radius 3 is 2.25 bits per heavy atom. The van der Waals surface area contributed by atoms with E-state index in [9.17, 15) is 10.2 Å². The summed E-state index contributed by atoms with van der Waals surface area (Å²) in [5, 5.41) is 19.3. The van der Waals surface area contributed by atoms with E-state index >= 15 is 0 Å². The van der Waals surface area contributed by atoms with Gasteiger partial charge < -0.3 is 14.9 Å². The van der Waals surface area contributed by atoms with E-state index in [-0.39, 0.29) is 13.2 Å². The molecule has 0 fully saturated rings. The summed E-state index contributed by atoms with van der Waals surface area (Å²) in [6.45, 7) is 5.63. The molecule has 1 rings (SSSR count). The highest BCUT2D eigenvalue weighted by Crippen LogP contribution is 2.26. The minimum Gasteiger partial charge on any atom is -0.396 e. The van der Waals surface area contributed by atoms with Gasteiger partial charge in [-0.05, 0) is 30.7 Å². The summed E-state index contributed by atoms with van der Waals surface area (Å²) in [4.78, 5) is 0. The van der Waals surface area contributed by atoms with E-state index < -0.39 is 5.41 Å². The molecule has 1 aromatic rings. The van der Waals surface area contributed by atoms with Crippen LogP contribution in [0.25, 0.3) is 0 Å². The second-order valence-electron chi connectivity index (χ2n) is 6.02. The zero-order chi connectivity index (χ0) is 14.8. The Bertz CT molecular complexity index is 345. The van der Waals surface area contributed by atoms with Crippen LogP contribution in [-0.4, -0.2) is 36.6 Å². The predicted molar refractivity (Wildman–Crippen MR) is 81.6 cm³/mol. The fourth-order valence-corrected chi connectivity index (χ4v) is 2.15. The number of benzene rings is 1. The molecule has 0 heterocycles. The monoisotopic (exact) mass is 280 g/mol. The average molecular weight is 280 g/mol. The fraction of sp³-hybridized carbons (Fsp3) is 0.647. The molecule has 0 bridgehead atoms. The second kappa shape index (κ2) is 9.11.